The number of benzene rings is 1. The minimum absolute atomic E-state index is 0.0756. The van der Waals surface area contributed by atoms with Crippen molar-refractivity contribution in [3.05, 3.63) is 37.9 Å². The Balaban J connectivity index is 3.52. The molecule has 7 heteroatoms. The maximum Gasteiger partial charge on any atom is 0.285 e. The molecule has 0 spiro atoms. The van der Waals surface area contributed by atoms with E-state index in [2.05, 4.69) is 0 Å². The average Bonchev–Trinajstić information content (AvgIpc) is 2.01. The Morgan fingerprint density at radius 2 is 2.00 bits per heavy atom. The first-order valence-electron chi connectivity index (χ1n) is 3.36. The Labute approximate surface area is 88.6 Å². The zero-order chi connectivity index (χ0) is 10.9. The van der Waals surface area contributed by atoms with Gasteiger partial charge in [0, 0.05) is 11.1 Å². The number of halogens is 2. The molecule has 0 radical (unpaired) electrons. The number of rotatable bonds is 2. The molecule has 1 aromatic rings. The first-order valence-corrected chi connectivity index (χ1v) is 4.12. The van der Waals surface area contributed by atoms with Crippen molar-refractivity contribution in [2.75, 3.05) is 0 Å². The minimum atomic E-state index is -0.960. The Kier molecular flexibility index (Phi) is 2.93. The Hall–Kier alpha value is -1.33. The average molecular weight is 235 g/mol. The normalized spacial score (nSPS) is 9.86. The molecule has 1 amide bonds. The van der Waals surface area contributed by atoms with Gasteiger partial charge in [-0.25, -0.2) is 0 Å². The molecular formula is C7H4Cl2N2O3. The van der Waals surface area contributed by atoms with E-state index in [0.717, 1.165) is 6.07 Å². The number of nitrogens with zero attached hydrogens (tertiary/aromatic N) is 1. The van der Waals surface area contributed by atoms with Crippen molar-refractivity contribution < 1.29 is 9.72 Å². The van der Waals surface area contributed by atoms with Crippen LogP contribution in [0, 0.1) is 10.1 Å². The van der Waals surface area contributed by atoms with E-state index in [1.54, 1.807) is 0 Å². The fourth-order valence-corrected chi connectivity index (χ4v) is 1.52. The fraction of sp³-hybridized carbons (Fsp3) is 0. The Morgan fingerprint density at radius 1 is 1.43 bits per heavy atom. The van der Waals surface area contributed by atoms with Crippen molar-refractivity contribution >= 4 is 34.8 Å². The molecule has 0 aromatic heterocycles. The van der Waals surface area contributed by atoms with E-state index in [1.165, 1.54) is 6.07 Å². The molecule has 0 fully saturated rings. The lowest BCUT2D eigenvalue weighted by atomic mass is 10.1. The van der Waals surface area contributed by atoms with E-state index in [4.69, 9.17) is 28.9 Å². The van der Waals surface area contributed by atoms with Gasteiger partial charge in [0.1, 0.15) is 5.56 Å². The maximum atomic E-state index is 10.8. The van der Waals surface area contributed by atoms with Crippen molar-refractivity contribution in [1.82, 2.24) is 0 Å². The molecule has 14 heavy (non-hydrogen) atoms. The summed E-state index contributed by atoms with van der Waals surface area (Å²) in [6.45, 7) is 0. The first-order chi connectivity index (χ1) is 6.43. The van der Waals surface area contributed by atoms with Crippen LogP contribution in [0.25, 0.3) is 0 Å². The third kappa shape index (κ3) is 1.94. The quantitative estimate of drug-likeness (QED) is 0.628. The standard InChI is InChI=1S/C7H4Cl2N2O3/c8-3-1-4(9)6(7(10)12)5(2-3)11(13)14/h1-2H,(H2,10,12). The number of hydrogen-bond donors (Lipinski definition) is 1. The Morgan fingerprint density at radius 3 is 2.43 bits per heavy atom. The third-order valence-electron chi connectivity index (χ3n) is 1.48. The topological polar surface area (TPSA) is 86.2 Å². The van der Waals surface area contributed by atoms with Gasteiger partial charge in [0.05, 0.1) is 9.95 Å². The van der Waals surface area contributed by atoms with Gasteiger partial charge in [-0.15, -0.1) is 0 Å². The second-order valence-corrected chi connectivity index (χ2v) is 3.25. The molecule has 0 unspecified atom stereocenters. The third-order valence-corrected chi connectivity index (χ3v) is 1.99. The molecular weight excluding hydrogens is 231 g/mol. The van der Waals surface area contributed by atoms with Gasteiger partial charge in [-0.2, -0.15) is 0 Å². The van der Waals surface area contributed by atoms with E-state index in [1.807, 2.05) is 0 Å². The molecule has 2 N–H and O–H groups in total. The summed E-state index contributed by atoms with van der Waals surface area (Å²) in [6, 6.07) is 2.24. The van der Waals surface area contributed by atoms with Crippen molar-refractivity contribution in [3.63, 3.8) is 0 Å². The number of hydrogen-bond acceptors (Lipinski definition) is 3. The first kappa shape index (κ1) is 10.7. The molecule has 0 heterocycles. The van der Waals surface area contributed by atoms with E-state index in [9.17, 15) is 14.9 Å². The van der Waals surface area contributed by atoms with Crippen LogP contribution in [-0.4, -0.2) is 10.8 Å². The highest BCUT2D eigenvalue weighted by Gasteiger charge is 2.22. The second kappa shape index (κ2) is 3.81. The number of carbonyl (C=O) groups excluding carboxylic acids is 1. The smallest absolute Gasteiger partial charge is 0.285 e. The van der Waals surface area contributed by atoms with E-state index < -0.39 is 16.5 Å². The van der Waals surface area contributed by atoms with Crippen LogP contribution in [0.1, 0.15) is 10.4 Å². The molecule has 1 aromatic carbocycles. The number of primary amides is 1. The summed E-state index contributed by atoms with van der Waals surface area (Å²) in [5.41, 5.74) is 4.11. The molecule has 0 saturated carbocycles. The van der Waals surface area contributed by atoms with E-state index in [-0.39, 0.29) is 15.6 Å². The highest BCUT2D eigenvalue weighted by atomic mass is 35.5. The van der Waals surface area contributed by atoms with Gasteiger partial charge in [-0.3, -0.25) is 14.9 Å². The summed E-state index contributed by atoms with van der Waals surface area (Å²) < 4.78 is 0. The van der Waals surface area contributed by atoms with Crippen LogP contribution in [0.15, 0.2) is 12.1 Å². The summed E-state index contributed by atoms with van der Waals surface area (Å²) in [5, 5.41) is 10.5. The number of amides is 1. The molecule has 1 rings (SSSR count). The van der Waals surface area contributed by atoms with Crippen LogP contribution < -0.4 is 5.73 Å². The summed E-state index contributed by atoms with van der Waals surface area (Å²) in [7, 11) is 0. The van der Waals surface area contributed by atoms with Gasteiger partial charge in [0.15, 0.2) is 0 Å². The summed E-state index contributed by atoms with van der Waals surface area (Å²) in [6.07, 6.45) is 0. The number of nitro groups is 1. The predicted octanol–water partition coefficient (Wildman–Crippen LogP) is 2.00. The molecule has 0 aliphatic rings. The minimum Gasteiger partial charge on any atom is -0.365 e. The van der Waals surface area contributed by atoms with Gasteiger partial charge < -0.3 is 5.73 Å². The SMILES string of the molecule is NC(=O)c1c(Cl)cc(Cl)cc1[N+](=O)[O-]. The van der Waals surface area contributed by atoms with Gasteiger partial charge in [-0.1, -0.05) is 23.2 Å². The van der Waals surface area contributed by atoms with Crippen LogP contribution in [-0.2, 0) is 0 Å². The van der Waals surface area contributed by atoms with Gasteiger partial charge >= 0.3 is 0 Å². The van der Waals surface area contributed by atoms with Crippen molar-refractivity contribution in [3.8, 4) is 0 Å². The van der Waals surface area contributed by atoms with E-state index >= 15 is 0 Å². The van der Waals surface area contributed by atoms with Gasteiger partial charge in [0.25, 0.3) is 11.6 Å². The zero-order valence-corrected chi connectivity index (χ0v) is 8.17. The number of carbonyl (C=O) groups is 1. The number of nitrogens with two attached hydrogens (primary N) is 1. The predicted molar refractivity (Wildman–Crippen MR) is 51.6 cm³/mol. The largest absolute Gasteiger partial charge is 0.365 e. The molecule has 0 aliphatic carbocycles. The molecule has 0 aliphatic heterocycles. The van der Waals surface area contributed by atoms with Crippen LogP contribution >= 0.6 is 23.2 Å². The molecule has 0 saturated heterocycles. The highest BCUT2D eigenvalue weighted by molar-refractivity contribution is 6.37. The molecule has 0 atom stereocenters. The molecule has 74 valence electrons. The van der Waals surface area contributed by atoms with Crippen molar-refractivity contribution in [2.45, 2.75) is 0 Å². The summed E-state index contributed by atoms with van der Waals surface area (Å²) >= 11 is 11.1. The summed E-state index contributed by atoms with van der Waals surface area (Å²) in [5.74, 6) is -0.960. The van der Waals surface area contributed by atoms with Gasteiger partial charge in [-0.05, 0) is 6.07 Å². The van der Waals surface area contributed by atoms with Crippen molar-refractivity contribution in [1.29, 1.82) is 0 Å². The maximum absolute atomic E-state index is 10.8. The lowest BCUT2D eigenvalue weighted by Gasteiger charge is -2.01. The highest BCUT2D eigenvalue weighted by Crippen LogP contribution is 2.30. The zero-order valence-electron chi connectivity index (χ0n) is 6.66. The van der Waals surface area contributed by atoms with Crippen LogP contribution in [0.5, 0.6) is 0 Å². The lowest BCUT2D eigenvalue weighted by molar-refractivity contribution is -0.385. The van der Waals surface area contributed by atoms with Crippen LogP contribution in [0.4, 0.5) is 5.69 Å². The Bertz CT molecular complexity index is 420. The van der Waals surface area contributed by atoms with Crippen LogP contribution in [0.2, 0.25) is 10.0 Å². The van der Waals surface area contributed by atoms with E-state index in [0.29, 0.717) is 0 Å². The molecule has 5 nitrogen and oxygen atoms in total. The van der Waals surface area contributed by atoms with Gasteiger partial charge in [0.2, 0.25) is 0 Å². The lowest BCUT2D eigenvalue weighted by Crippen LogP contribution is -2.14. The van der Waals surface area contributed by atoms with Crippen LogP contribution in [0.3, 0.4) is 0 Å². The number of nitro benzene ring substituents is 1. The van der Waals surface area contributed by atoms with Crippen molar-refractivity contribution in [2.24, 2.45) is 5.73 Å². The second-order valence-electron chi connectivity index (χ2n) is 2.40. The monoisotopic (exact) mass is 234 g/mol. The summed E-state index contributed by atoms with van der Waals surface area (Å²) in [4.78, 5) is 20.6. The molecule has 0 bridgehead atoms. The fourth-order valence-electron chi connectivity index (χ4n) is 0.948.